The zero-order chi connectivity index (χ0) is 25.2. The quantitative estimate of drug-likeness (QED) is 0.278. The minimum atomic E-state index is -0.470. The van der Waals surface area contributed by atoms with Crippen molar-refractivity contribution in [3.8, 4) is 11.3 Å². The predicted octanol–water partition coefficient (Wildman–Crippen LogP) is 4.56. The molecule has 1 fully saturated rings. The van der Waals surface area contributed by atoms with Crippen LogP contribution in [0.2, 0.25) is 0 Å². The van der Waals surface area contributed by atoms with Crippen LogP contribution in [-0.4, -0.2) is 52.0 Å². The number of benzene rings is 2. The highest BCUT2D eigenvalue weighted by molar-refractivity contribution is 8.18. The van der Waals surface area contributed by atoms with Crippen molar-refractivity contribution in [1.82, 2.24) is 4.90 Å². The van der Waals surface area contributed by atoms with E-state index in [4.69, 9.17) is 4.42 Å². The lowest BCUT2D eigenvalue weighted by Gasteiger charge is -2.36. The molecule has 0 saturated carbocycles. The third-order valence-electron chi connectivity index (χ3n) is 5.84. The molecular formula is C24H19N5O6S. The van der Waals surface area contributed by atoms with Crippen LogP contribution in [0, 0.1) is 20.2 Å². The van der Waals surface area contributed by atoms with E-state index in [1.807, 2.05) is 9.80 Å². The number of para-hydroxylation sites is 3. The minimum absolute atomic E-state index is 0.0667. The van der Waals surface area contributed by atoms with Crippen LogP contribution in [0.1, 0.15) is 5.76 Å². The monoisotopic (exact) mass is 505 g/mol. The second-order valence-corrected chi connectivity index (χ2v) is 9.02. The van der Waals surface area contributed by atoms with Gasteiger partial charge in [-0.25, -0.2) is 0 Å². The first-order valence-electron chi connectivity index (χ1n) is 11.0. The Morgan fingerprint density at radius 1 is 0.861 bits per heavy atom. The van der Waals surface area contributed by atoms with E-state index in [9.17, 15) is 25.0 Å². The molecular weight excluding hydrogens is 486 g/mol. The van der Waals surface area contributed by atoms with Crippen molar-refractivity contribution in [2.75, 3.05) is 31.1 Å². The summed E-state index contributed by atoms with van der Waals surface area (Å²) < 4.78 is 5.77. The maximum absolute atomic E-state index is 12.5. The molecule has 5 rings (SSSR count). The maximum Gasteiger partial charge on any atom is 0.292 e. The summed E-state index contributed by atoms with van der Waals surface area (Å²) in [6, 6.07) is 16.2. The molecule has 0 atom stereocenters. The standard InChI is InChI=1S/C24H19N5O6S/c30-23-22(15-16-9-10-21(35-16)17-5-1-2-6-18(17)28(31)32)36-24(25-23)27-13-11-26(12-14-27)19-7-3-4-8-20(19)29(33)34/h1-10,15H,11-14H2. The van der Waals surface area contributed by atoms with Crippen LogP contribution in [0.25, 0.3) is 17.4 Å². The van der Waals surface area contributed by atoms with Gasteiger partial charge in [-0.2, -0.15) is 4.99 Å². The Balaban J connectivity index is 1.26. The van der Waals surface area contributed by atoms with Gasteiger partial charge >= 0.3 is 0 Å². The second-order valence-electron chi connectivity index (χ2n) is 8.01. The van der Waals surface area contributed by atoms with Crippen LogP contribution < -0.4 is 4.90 Å². The minimum Gasteiger partial charge on any atom is -0.456 e. The van der Waals surface area contributed by atoms with Gasteiger partial charge in [0.25, 0.3) is 17.3 Å². The normalized spacial score (nSPS) is 16.9. The summed E-state index contributed by atoms with van der Waals surface area (Å²) in [6.45, 7) is 2.21. The number of aliphatic imine (C=N–C) groups is 1. The summed E-state index contributed by atoms with van der Waals surface area (Å²) >= 11 is 1.23. The van der Waals surface area contributed by atoms with E-state index < -0.39 is 4.92 Å². The average Bonchev–Trinajstić information content (AvgIpc) is 3.51. The van der Waals surface area contributed by atoms with Crippen molar-refractivity contribution >= 4 is 46.0 Å². The van der Waals surface area contributed by atoms with Crippen LogP contribution in [0.4, 0.5) is 17.1 Å². The van der Waals surface area contributed by atoms with E-state index in [0.717, 1.165) is 0 Å². The molecule has 0 unspecified atom stereocenters. The number of nitro groups is 2. The van der Waals surface area contributed by atoms with Crippen LogP contribution in [0.15, 0.2) is 75.0 Å². The molecule has 1 aromatic heterocycles. The molecule has 11 nitrogen and oxygen atoms in total. The first kappa shape index (κ1) is 23.3. The Hall–Kier alpha value is -4.45. The molecule has 3 aromatic rings. The van der Waals surface area contributed by atoms with Crippen LogP contribution >= 0.6 is 11.8 Å². The summed E-state index contributed by atoms with van der Waals surface area (Å²) in [4.78, 5) is 42.8. The Morgan fingerprint density at radius 2 is 1.50 bits per heavy atom. The highest BCUT2D eigenvalue weighted by Crippen LogP contribution is 2.35. The van der Waals surface area contributed by atoms with Crippen LogP contribution in [-0.2, 0) is 4.79 Å². The molecule has 0 N–H and O–H groups in total. The number of amidine groups is 1. The number of thioether (sulfide) groups is 1. The number of carbonyl (C=O) groups excluding carboxylic acids is 1. The summed E-state index contributed by atoms with van der Waals surface area (Å²) in [5.41, 5.74) is 0.929. The summed E-state index contributed by atoms with van der Waals surface area (Å²) in [5.74, 6) is 0.327. The number of piperazine rings is 1. The molecule has 12 heteroatoms. The third-order valence-corrected chi connectivity index (χ3v) is 6.89. The molecule has 1 amide bonds. The smallest absolute Gasteiger partial charge is 0.292 e. The fourth-order valence-electron chi connectivity index (χ4n) is 4.10. The zero-order valence-corrected chi connectivity index (χ0v) is 19.6. The van der Waals surface area contributed by atoms with Gasteiger partial charge in [0.1, 0.15) is 17.2 Å². The fraction of sp³-hybridized carbons (Fsp3) is 0.167. The van der Waals surface area contributed by atoms with Gasteiger partial charge in [-0.3, -0.25) is 25.0 Å². The van der Waals surface area contributed by atoms with Gasteiger partial charge in [0.2, 0.25) is 0 Å². The number of anilines is 1. The number of furan rings is 1. The number of amides is 1. The van der Waals surface area contributed by atoms with Gasteiger partial charge < -0.3 is 14.2 Å². The predicted molar refractivity (Wildman–Crippen MR) is 136 cm³/mol. The molecule has 36 heavy (non-hydrogen) atoms. The van der Waals surface area contributed by atoms with E-state index in [1.165, 1.54) is 23.9 Å². The lowest BCUT2D eigenvalue weighted by atomic mass is 10.1. The largest absolute Gasteiger partial charge is 0.456 e. The Labute approximate surface area is 209 Å². The Bertz CT molecular complexity index is 1420. The molecule has 0 bridgehead atoms. The van der Waals surface area contributed by atoms with Gasteiger partial charge in [-0.1, -0.05) is 24.3 Å². The molecule has 0 aliphatic carbocycles. The van der Waals surface area contributed by atoms with Crippen LogP contribution in [0.3, 0.4) is 0 Å². The topological polar surface area (TPSA) is 135 Å². The van der Waals surface area contributed by atoms with E-state index in [2.05, 4.69) is 4.99 Å². The second kappa shape index (κ2) is 9.66. The molecule has 182 valence electrons. The number of hydrogen-bond acceptors (Lipinski definition) is 9. The first-order chi connectivity index (χ1) is 17.4. The highest BCUT2D eigenvalue weighted by Gasteiger charge is 2.30. The summed E-state index contributed by atoms with van der Waals surface area (Å²) in [5, 5.41) is 23.2. The van der Waals surface area contributed by atoms with Crippen molar-refractivity contribution in [2.24, 2.45) is 4.99 Å². The van der Waals surface area contributed by atoms with E-state index >= 15 is 0 Å². The van der Waals surface area contributed by atoms with E-state index in [1.54, 1.807) is 54.6 Å². The lowest BCUT2D eigenvalue weighted by Crippen LogP contribution is -2.48. The number of rotatable bonds is 5. The summed E-state index contributed by atoms with van der Waals surface area (Å²) in [7, 11) is 0. The third kappa shape index (κ3) is 4.58. The van der Waals surface area contributed by atoms with E-state index in [0.29, 0.717) is 59.0 Å². The van der Waals surface area contributed by atoms with Crippen molar-refractivity contribution in [3.63, 3.8) is 0 Å². The number of hydrogen-bond donors (Lipinski definition) is 0. The van der Waals surface area contributed by atoms with Gasteiger partial charge in [-0.15, -0.1) is 0 Å². The van der Waals surface area contributed by atoms with Gasteiger partial charge in [0, 0.05) is 44.4 Å². The van der Waals surface area contributed by atoms with Crippen molar-refractivity contribution in [2.45, 2.75) is 0 Å². The first-order valence-corrected chi connectivity index (χ1v) is 11.8. The zero-order valence-electron chi connectivity index (χ0n) is 18.8. The molecule has 1 saturated heterocycles. The number of nitrogens with zero attached hydrogens (tertiary/aromatic N) is 5. The lowest BCUT2D eigenvalue weighted by molar-refractivity contribution is -0.384. The Morgan fingerprint density at radius 3 is 2.22 bits per heavy atom. The van der Waals surface area contributed by atoms with Gasteiger partial charge in [0.15, 0.2) is 5.17 Å². The summed E-state index contributed by atoms with van der Waals surface area (Å²) in [6.07, 6.45) is 1.57. The van der Waals surface area contributed by atoms with Gasteiger partial charge in [-0.05, 0) is 36.0 Å². The van der Waals surface area contributed by atoms with Crippen molar-refractivity contribution < 1.29 is 19.1 Å². The molecule has 0 spiro atoms. The molecule has 2 aliphatic rings. The fourth-order valence-corrected chi connectivity index (χ4v) is 5.05. The van der Waals surface area contributed by atoms with Gasteiger partial charge in [0.05, 0.1) is 20.3 Å². The molecule has 0 radical (unpaired) electrons. The number of carbonyl (C=O) groups is 1. The van der Waals surface area contributed by atoms with Crippen molar-refractivity contribution in [1.29, 1.82) is 0 Å². The number of nitro benzene ring substituents is 2. The molecule has 2 aromatic carbocycles. The Kier molecular flexibility index (Phi) is 6.25. The average molecular weight is 506 g/mol. The SMILES string of the molecule is O=C1N=C(N2CCN(c3ccccc3[N+](=O)[O-])CC2)SC1=Cc1ccc(-c2ccccc2[N+](=O)[O-])o1. The van der Waals surface area contributed by atoms with Crippen molar-refractivity contribution in [3.05, 3.63) is 91.6 Å². The van der Waals surface area contributed by atoms with E-state index in [-0.39, 0.29) is 22.2 Å². The van der Waals surface area contributed by atoms with Crippen LogP contribution in [0.5, 0.6) is 0 Å². The maximum atomic E-state index is 12.5. The molecule has 3 heterocycles. The molecule has 2 aliphatic heterocycles. The highest BCUT2D eigenvalue weighted by atomic mass is 32.2.